The van der Waals surface area contributed by atoms with E-state index in [1.165, 1.54) is 5.75 Å². The Morgan fingerprint density at radius 3 is 3.18 bits per heavy atom. The average molecular weight is 171 g/mol. The number of carbonyl (C=O) groups is 1. The summed E-state index contributed by atoms with van der Waals surface area (Å²) in [5.41, 5.74) is 0. The van der Waals surface area contributed by atoms with Crippen LogP contribution in [0.25, 0.3) is 0 Å². The van der Waals surface area contributed by atoms with E-state index in [1.54, 1.807) is 0 Å². The van der Waals surface area contributed by atoms with Crippen molar-refractivity contribution in [3.8, 4) is 0 Å². The number of rotatable bonds is 0. The van der Waals surface area contributed by atoms with E-state index in [4.69, 9.17) is 0 Å². The highest BCUT2D eigenvalue weighted by atomic mass is 32.2. The van der Waals surface area contributed by atoms with Gasteiger partial charge in [0.05, 0.1) is 6.04 Å². The summed E-state index contributed by atoms with van der Waals surface area (Å²) in [6, 6.07) is 0.280. The molecule has 2 aliphatic heterocycles. The number of hydrogen-bond acceptors (Lipinski definition) is 3. The highest BCUT2D eigenvalue weighted by molar-refractivity contribution is 7.99. The van der Waals surface area contributed by atoms with Gasteiger partial charge in [-0.3, -0.25) is 9.69 Å². The van der Waals surface area contributed by atoms with Crippen LogP contribution in [-0.4, -0.2) is 41.3 Å². The average Bonchev–Trinajstić information content (AvgIpc) is 2.06. The molecule has 0 amide bonds. The van der Waals surface area contributed by atoms with Gasteiger partial charge < -0.3 is 0 Å². The van der Waals surface area contributed by atoms with Crippen LogP contribution in [0.1, 0.15) is 12.8 Å². The molecule has 2 saturated heterocycles. The van der Waals surface area contributed by atoms with Crippen molar-refractivity contribution in [1.29, 1.82) is 0 Å². The molecule has 2 heterocycles. The lowest BCUT2D eigenvalue weighted by Crippen LogP contribution is -2.50. The van der Waals surface area contributed by atoms with Crippen LogP contribution in [0.2, 0.25) is 0 Å². The smallest absolute Gasteiger partial charge is 0.150 e. The second-order valence-corrected chi connectivity index (χ2v) is 4.35. The monoisotopic (exact) mass is 171 g/mol. The minimum Gasteiger partial charge on any atom is -0.298 e. The Hall–Kier alpha value is -0.0200. The first-order valence-corrected chi connectivity index (χ1v) is 5.38. The number of ketones is 1. The third-order valence-corrected chi connectivity index (χ3v) is 3.50. The lowest BCUT2D eigenvalue weighted by Gasteiger charge is -2.37. The lowest BCUT2D eigenvalue weighted by atomic mass is 10.0. The molecule has 1 atom stereocenters. The van der Waals surface area contributed by atoms with Crippen molar-refractivity contribution >= 4 is 17.5 Å². The normalized spacial score (nSPS) is 33.5. The summed E-state index contributed by atoms with van der Waals surface area (Å²) in [7, 11) is 0. The minimum atomic E-state index is 0.280. The van der Waals surface area contributed by atoms with Gasteiger partial charge in [0.25, 0.3) is 0 Å². The maximum atomic E-state index is 11.4. The molecule has 2 rings (SSSR count). The van der Waals surface area contributed by atoms with Gasteiger partial charge in [0, 0.05) is 24.5 Å². The second-order valence-electron chi connectivity index (χ2n) is 3.20. The molecule has 0 spiro atoms. The molecular weight excluding hydrogens is 158 g/mol. The van der Waals surface area contributed by atoms with E-state index in [1.807, 2.05) is 11.8 Å². The predicted molar refractivity (Wildman–Crippen MR) is 46.9 cm³/mol. The lowest BCUT2D eigenvalue weighted by molar-refractivity contribution is -0.126. The third kappa shape index (κ3) is 1.44. The van der Waals surface area contributed by atoms with Gasteiger partial charge in [0.2, 0.25) is 0 Å². The zero-order valence-electron chi connectivity index (χ0n) is 6.58. The molecular formula is C8H13NOS. The highest BCUT2D eigenvalue weighted by Crippen LogP contribution is 2.22. The van der Waals surface area contributed by atoms with Crippen molar-refractivity contribution < 1.29 is 4.79 Å². The number of thioether (sulfide) groups is 1. The molecule has 2 nitrogen and oxygen atoms in total. The first-order chi connectivity index (χ1) is 5.38. The SMILES string of the molecule is O=C1CCCN2CCSC[C@@H]12. The molecule has 2 fully saturated rings. The fraction of sp³-hybridized carbons (Fsp3) is 0.875. The Kier molecular flexibility index (Phi) is 2.18. The first kappa shape index (κ1) is 7.62. The van der Waals surface area contributed by atoms with Gasteiger partial charge in [-0.15, -0.1) is 0 Å². The van der Waals surface area contributed by atoms with Gasteiger partial charge in [0.1, 0.15) is 0 Å². The Balaban J connectivity index is 2.05. The summed E-state index contributed by atoms with van der Waals surface area (Å²) in [6.45, 7) is 2.28. The van der Waals surface area contributed by atoms with Crippen LogP contribution in [0.5, 0.6) is 0 Å². The maximum Gasteiger partial charge on any atom is 0.150 e. The van der Waals surface area contributed by atoms with Gasteiger partial charge in [-0.1, -0.05) is 0 Å². The largest absolute Gasteiger partial charge is 0.298 e. The summed E-state index contributed by atoms with van der Waals surface area (Å²) in [5, 5.41) is 0. The molecule has 0 unspecified atom stereocenters. The molecule has 0 bridgehead atoms. The van der Waals surface area contributed by atoms with E-state index in [9.17, 15) is 4.79 Å². The van der Waals surface area contributed by atoms with Crippen molar-refractivity contribution in [2.24, 2.45) is 0 Å². The maximum absolute atomic E-state index is 11.4. The van der Waals surface area contributed by atoms with Gasteiger partial charge >= 0.3 is 0 Å². The summed E-state index contributed by atoms with van der Waals surface area (Å²) >= 11 is 1.92. The number of piperidine rings is 1. The van der Waals surface area contributed by atoms with Crippen molar-refractivity contribution in [3.63, 3.8) is 0 Å². The van der Waals surface area contributed by atoms with Crippen molar-refractivity contribution in [1.82, 2.24) is 4.90 Å². The number of fused-ring (bicyclic) bond motifs is 1. The van der Waals surface area contributed by atoms with Gasteiger partial charge in [0.15, 0.2) is 5.78 Å². The van der Waals surface area contributed by atoms with E-state index in [0.717, 1.165) is 31.7 Å². The summed E-state index contributed by atoms with van der Waals surface area (Å²) in [5.74, 6) is 2.73. The first-order valence-electron chi connectivity index (χ1n) is 4.22. The highest BCUT2D eigenvalue weighted by Gasteiger charge is 2.31. The molecule has 0 saturated carbocycles. The molecule has 11 heavy (non-hydrogen) atoms. The van der Waals surface area contributed by atoms with Gasteiger partial charge in [-0.2, -0.15) is 11.8 Å². The Morgan fingerprint density at radius 1 is 1.45 bits per heavy atom. The van der Waals surface area contributed by atoms with Gasteiger partial charge in [-0.25, -0.2) is 0 Å². The molecule has 3 heteroatoms. The molecule has 0 aliphatic carbocycles. The van der Waals surface area contributed by atoms with Crippen LogP contribution in [-0.2, 0) is 4.79 Å². The number of carbonyl (C=O) groups excluding carboxylic acids is 1. The van der Waals surface area contributed by atoms with E-state index in [2.05, 4.69) is 4.90 Å². The predicted octanol–water partition coefficient (Wildman–Crippen LogP) is 0.767. The van der Waals surface area contributed by atoms with Crippen LogP contribution in [0.3, 0.4) is 0 Å². The van der Waals surface area contributed by atoms with E-state index in [0.29, 0.717) is 5.78 Å². The van der Waals surface area contributed by atoms with E-state index in [-0.39, 0.29) is 6.04 Å². The van der Waals surface area contributed by atoms with Crippen LogP contribution >= 0.6 is 11.8 Å². The molecule has 62 valence electrons. The topological polar surface area (TPSA) is 20.3 Å². The van der Waals surface area contributed by atoms with Crippen molar-refractivity contribution in [2.45, 2.75) is 18.9 Å². The minimum absolute atomic E-state index is 0.280. The molecule has 0 aromatic rings. The van der Waals surface area contributed by atoms with Crippen molar-refractivity contribution in [2.75, 3.05) is 24.6 Å². The van der Waals surface area contributed by atoms with Crippen LogP contribution in [0.15, 0.2) is 0 Å². The molecule has 0 N–H and O–H groups in total. The molecule has 0 aromatic heterocycles. The summed E-state index contributed by atoms with van der Waals surface area (Å²) in [6.07, 6.45) is 1.90. The third-order valence-electron chi connectivity index (χ3n) is 2.48. The standard InChI is InChI=1S/C8H13NOS/c10-8-2-1-3-9-4-5-11-6-7(8)9/h7H,1-6H2/t7-/m0/s1. The van der Waals surface area contributed by atoms with Crippen molar-refractivity contribution in [3.05, 3.63) is 0 Å². The molecule has 0 aromatic carbocycles. The van der Waals surface area contributed by atoms with E-state index < -0.39 is 0 Å². The van der Waals surface area contributed by atoms with E-state index >= 15 is 0 Å². The summed E-state index contributed by atoms with van der Waals surface area (Å²) < 4.78 is 0. The quantitative estimate of drug-likeness (QED) is 0.537. The Bertz CT molecular complexity index is 169. The van der Waals surface area contributed by atoms with Gasteiger partial charge in [-0.05, 0) is 13.0 Å². The molecule has 2 aliphatic rings. The number of hydrogen-bond donors (Lipinski definition) is 0. The zero-order valence-corrected chi connectivity index (χ0v) is 7.40. The van der Waals surface area contributed by atoms with Crippen LogP contribution in [0.4, 0.5) is 0 Å². The fourth-order valence-corrected chi connectivity index (χ4v) is 2.98. The van der Waals surface area contributed by atoms with Crippen LogP contribution in [0, 0.1) is 0 Å². The Labute approximate surface area is 71.3 Å². The number of Topliss-reactive ketones (excluding diaryl/α,β-unsaturated/α-hetero) is 1. The van der Waals surface area contributed by atoms with Crippen LogP contribution < -0.4 is 0 Å². The fourth-order valence-electron chi connectivity index (χ4n) is 1.83. The molecule has 0 radical (unpaired) electrons. The number of nitrogens with zero attached hydrogens (tertiary/aromatic N) is 1. The second kappa shape index (κ2) is 3.15. The summed E-state index contributed by atoms with van der Waals surface area (Å²) in [4.78, 5) is 13.7. The zero-order chi connectivity index (χ0) is 7.68. The Morgan fingerprint density at radius 2 is 2.36 bits per heavy atom.